The molecule has 0 fully saturated rings. The number of hydrogen-bond donors (Lipinski definition) is 2. The molecular weight excluding hydrogens is 228 g/mol. The molecule has 0 saturated heterocycles. The Kier molecular flexibility index (Phi) is 4.73. The lowest BCUT2D eigenvalue weighted by atomic mass is 10.1. The van der Waals surface area contributed by atoms with E-state index < -0.39 is 11.7 Å². The van der Waals surface area contributed by atoms with Crippen LogP contribution in [0, 0.1) is 6.92 Å². The second kappa shape index (κ2) is 5.87. The fourth-order valence-electron chi connectivity index (χ4n) is 1.53. The topological polar surface area (TPSA) is 64.3 Å². The summed E-state index contributed by atoms with van der Waals surface area (Å²) in [4.78, 5) is 11.5. The number of carbonyl (C=O) groups excluding carboxylic acids is 1. The van der Waals surface area contributed by atoms with E-state index in [4.69, 9.17) is 10.5 Å². The number of benzene rings is 1. The van der Waals surface area contributed by atoms with Crippen molar-refractivity contribution in [1.82, 2.24) is 5.32 Å². The summed E-state index contributed by atoms with van der Waals surface area (Å²) in [5, 5.41) is 2.67. The molecule has 100 valence electrons. The van der Waals surface area contributed by atoms with Gasteiger partial charge >= 0.3 is 6.09 Å². The van der Waals surface area contributed by atoms with E-state index in [1.807, 2.05) is 52.0 Å². The van der Waals surface area contributed by atoms with Crippen LogP contribution in [-0.2, 0) is 4.74 Å². The Hall–Kier alpha value is -1.55. The van der Waals surface area contributed by atoms with Crippen LogP contribution in [0.4, 0.5) is 4.79 Å². The fraction of sp³-hybridized carbons (Fsp3) is 0.500. The maximum Gasteiger partial charge on any atom is 0.407 e. The van der Waals surface area contributed by atoms with Gasteiger partial charge in [0.2, 0.25) is 0 Å². The molecule has 0 spiro atoms. The molecule has 0 bridgehead atoms. The molecule has 1 aromatic carbocycles. The molecule has 1 aromatic rings. The first kappa shape index (κ1) is 14.5. The average molecular weight is 250 g/mol. The Morgan fingerprint density at radius 1 is 1.44 bits per heavy atom. The minimum atomic E-state index is -0.489. The Morgan fingerprint density at radius 3 is 2.67 bits per heavy atom. The van der Waals surface area contributed by atoms with Gasteiger partial charge in [-0.1, -0.05) is 29.8 Å². The molecule has 0 aliphatic carbocycles. The van der Waals surface area contributed by atoms with Gasteiger partial charge in [0.15, 0.2) is 0 Å². The zero-order valence-electron chi connectivity index (χ0n) is 11.5. The number of hydrogen-bond acceptors (Lipinski definition) is 3. The number of rotatable bonds is 3. The van der Waals surface area contributed by atoms with Crippen molar-refractivity contribution in [2.45, 2.75) is 39.3 Å². The first-order valence-corrected chi connectivity index (χ1v) is 6.07. The van der Waals surface area contributed by atoms with E-state index in [0.717, 1.165) is 11.1 Å². The normalized spacial score (nSPS) is 12.9. The molecule has 0 aliphatic rings. The van der Waals surface area contributed by atoms with Crippen LogP contribution in [0.1, 0.15) is 37.9 Å². The lowest BCUT2D eigenvalue weighted by molar-refractivity contribution is 0.0524. The molecule has 0 heterocycles. The van der Waals surface area contributed by atoms with Crippen molar-refractivity contribution in [2.75, 3.05) is 6.54 Å². The van der Waals surface area contributed by atoms with E-state index in [-0.39, 0.29) is 6.04 Å². The summed E-state index contributed by atoms with van der Waals surface area (Å²) in [6.45, 7) is 7.85. The van der Waals surface area contributed by atoms with Gasteiger partial charge in [0.1, 0.15) is 5.60 Å². The minimum absolute atomic E-state index is 0.225. The molecule has 4 nitrogen and oxygen atoms in total. The van der Waals surface area contributed by atoms with Crippen LogP contribution >= 0.6 is 0 Å². The lowest BCUT2D eigenvalue weighted by Gasteiger charge is -2.21. The lowest BCUT2D eigenvalue weighted by Crippen LogP contribution is -2.36. The highest BCUT2D eigenvalue weighted by molar-refractivity contribution is 5.67. The second-order valence-corrected chi connectivity index (χ2v) is 5.40. The van der Waals surface area contributed by atoms with Crippen molar-refractivity contribution in [3.8, 4) is 0 Å². The summed E-state index contributed by atoms with van der Waals surface area (Å²) >= 11 is 0. The van der Waals surface area contributed by atoms with Crippen LogP contribution < -0.4 is 11.1 Å². The third kappa shape index (κ3) is 5.19. The van der Waals surface area contributed by atoms with Gasteiger partial charge in [-0.3, -0.25) is 0 Å². The minimum Gasteiger partial charge on any atom is -0.444 e. The molecule has 18 heavy (non-hydrogen) atoms. The van der Waals surface area contributed by atoms with Gasteiger partial charge in [-0.25, -0.2) is 4.79 Å². The zero-order chi connectivity index (χ0) is 13.8. The summed E-state index contributed by atoms with van der Waals surface area (Å²) < 4.78 is 5.14. The van der Waals surface area contributed by atoms with Gasteiger partial charge in [-0.15, -0.1) is 0 Å². The molecule has 0 radical (unpaired) electrons. The first-order chi connectivity index (χ1) is 8.28. The van der Waals surface area contributed by atoms with Crippen LogP contribution in [0.25, 0.3) is 0 Å². The third-order valence-electron chi connectivity index (χ3n) is 2.34. The van der Waals surface area contributed by atoms with Gasteiger partial charge in [0, 0.05) is 12.6 Å². The van der Waals surface area contributed by atoms with Crippen LogP contribution in [-0.4, -0.2) is 18.2 Å². The quantitative estimate of drug-likeness (QED) is 0.866. The van der Waals surface area contributed by atoms with Crippen LogP contribution in [0.5, 0.6) is 0 Å². The molecule has 4 heteroatoms. The van der Waals surface area contributed by atoms with Crippen molar-refractivity contribution in [1.29, 1.82) is 0 Å². The van der Waals surface area contributed by atoms with Crippen molar-refractivity contribution in [3.63, 3.8) is 0 Å². The molecule has 1 atom stereocenters. The summed E-state index contributed by atoms with van der Waals surface area (Å²) in [5.41, 5.74) is 7.68. The van der Waals surface area contributed by atoms with E-state index in [0.29, 0.717) is 6.54 Å². The molecule has 0 saturated carbocycles. The summed E-state index contributed by atoms with van der Waals surface area (Å²) in [6, 6.07) is 7.71. The maximum absolute atomic E-state index is 11.5. The smallest absolute Gasteiger partial charge is 0.407 e. The highest BCUT2D eigenvalue weighted by atomic mass is 16.6. The van der Waals surface area contributed by atoms with Gasteiger partial charge < -0.3 is 15.8 Å². The standard InChI is InChI=1S/C14H22N2O2/c1-10-6-5-7-11(8-10)12(15)9-16-13(17)18-14(2,3)4/h5-8,12H,9,15H2,1-4H3,(H,16,17)/t12-/m0/s1. The first-order valence-electron chi connectivity index (χ1n) is 6.07. The van der Waals surface area contributed by atoms with Crippen molar-refractivity contribution >= 4 is 6.09 Å². The van der Waals surface area contributed by atoms with Gasteiger partial charge in [0.05, 0.1) is 0 Å². The molecule has 0 aliphatic heterocycles. The van der Waals surface area contributed by atoms with Crippen LogP contribution in [0.15, 0.2) is 24.3 Å². The van der Waals surface area contributed by atoms with Gasteiger partial charge in [0.25, 0.3) is 0 Å². The number of nitrogens with two attached hydrogens (primary N) is 1. The number of nitrogens with one attached hydrogen (secondary N) is 1. The number of amides is 1. The monoisotopic (exact) mass is 250 g/mol. The highest BCUT2D eigenvalue weighted by Crippen LogP contribution is 2.12. The zero-order valence-corrected chi connectivity index (χ0v) is 11.5. The summed E-state index contributed by atoms with van der Waals surface area (Å²) in [5.74, 6) is 0. The van der Waals surface area contributed by atoms with E-state index >= 15 is 0 Å². The number of alkyl carbamates (subject to hydrolysis) is 1. The largest absolute Gasteiger partial charge is 0.444 e. The number of aryl methyl sites for hydroxylation is 1. The number of ether oxygens (including phenoxy) is 1. The number of carbonyl (C=O) groups is 1. The van der Waals surface area contributed by atoms with Crippen molar-refractivity contribution in [3.05, 3.63) is 35.4 Å². The molecule has 1 amide bonds. The van der Waals surface area contributed by atoms with E-state index in [2.05, 4.69) is 5.32 Å². The molecule has 3 N–H and O–H groups in total. The summed E-state index contributed by atoms with van der Waals surface area (Å²) in [7, 11) is 0. The second-order valence-electron chi connectivity index (χ2n) is 5.40. The molecule has 0 aromatic heterocycles. The molecular formula is C14H22N2O2. The van der Waals surface area contributed by atoms with Gasteiger partial charge in [-0.2, -0.15) is 0 Å². The van der Waals surface area contributed by atoms with Crippen LogP contribution in [0.3, 0.4) is 0 Å². The summed E-state index contributed by atoms with van der Waals surface area (Å²) in [6.07, 6.45) is -0.439. The van der Waals surface area contributed by atoms with Crippen LogP contribution in [0.2, 0.25) is 0 Å². The van der Waals surface area contributed by atoms with Crippen molar-refractivity contribution in [2.24, 2.45) is 5.73 Å². The highest BCUT2D eigenvalue weighted by Gasteiger charge is 2.16. The Morgan fingerprint density at radius 2 is 2.11 bits per heavy atom. The Labute approximate surface area is 109 Å². The predicted molar refractivity (Wildman–Crippen MR) is 72.3 cm³/mol. The molecule has 0 unspecified atom stereocenters. The predicted octanol–water partition coefficient (Wildman–Crippen LogP) is 2.52. The third-order valence-corrected chi connectivity index (χ3v) is 2.34. The average Bonchev–Trinajstić information content (AvgIpc) is 2.23. The SMILES string of the molecule is Cc1cccc([C@@H](N)CNC(=O)OC(C)(C)C)c1. The maximum atomic E-state index is 11.5. The van der Waals surface area contributed by atoms with Gasteiger partial charge in [-0.05, 0) is 33.3 Å². The van der Waals surface area contributed by atoms with E-state index in [9.17, 15) is 4.79 Å². The Bertz CT molecular complexity index is 411. The Balaban J connectivity index is 2.46. The van der Waals surface area contributed by atoms with E-state index in [1.54, 1.807) is 0 Å². The van der Waals surface area contributed by atoms with Crippen molar-refractivity contribution < 1.29 is 9.53 Å². The van der Waals surface area contributed by atoms with E-state index in [1.165, 1.54) is 0 Å². The fourth-order valence-corrected chi connectivity index (χ4v) is 1.53. The molecule has 1 rings (SSSR count).